The van der Waals surface area contributed by atoms with Gasteiger partial charge in [-0.2, -0.15) is 0 Å². The van der Waals surface area contributed by atoms with Crippen molar-refractivity contribution in [3.63, 3.8) is 0 Å². The van der Waals surface area contributed by atoms with Gasteiger partial charge in [-0.3, -0.25) is 0 Å². The number of methoxy groups -OCH3 is 1. The molecule has 1 aromatic heterocycles. The Morgan fingerprint density at radius 1 is 1.42 bits per heavy atom. The fourth-order valence-electron chi connectivity index (χ4n) is 1.93. The van der Waals surface area contributed by atoms with Crippen LogP contribution in [0.5, 0.6) is 0 Å². The largest absolute Gasteiger partial charge is 0.478 e. The number of carboxylic acid groups (broad SMARTS) is 1. The average molecular weight is 264 g/mol. The number of hydrogen-bond donors (Lipinski definition) is 1. The lowest BCUT2D eigenvalue weighted by molar-refractivity contribution is -0.00641. The second kappa shape index (κ2) is 5.86. The molecule has 2 aromatic rings. The zero-order valence-electron chi connectivity index (χ0n) is 10.9. The SMILES string of the molecule is COCC(C)OCc1oc2ccccc2c1C(=O)O. The van der Waals surface area contributed by atoms with Crippen LogP contribution in [0.15, 0.2) is 28.7 Å². The zero-order chi connectivity index (χ0) is 13.8. The summed E-state index contributed by atoms with van der Waals surface area (Å²) >= 11 is 0. The Kier molecular flexibility index (Phi) is 4.19. The molecule has 2 rings (SSSR count). The Morgan fingerprint density at radius 3 is 2.84 bits per heavy atom. The van der Waals surface area contributed by atoms with E-state index in [4.69, 9.17) is 13.9 Å². The molecule has 0 aliphatic rings. The molecule has 0 amide bonds. The number of rotatable bonds is 6. The molecule has 19 heavy (non-hydrogen) atoms. The van der Waals surface area contributed by atoms with E-state index in [9.17, 15) is 9.90 Å². The van der Waals surface area contributed by atoms with E-state index in [0.29, 0.717) is 23.3 Å². The minimum Gasteiger partial charge on any atom is -0.478 e. The number of ether oxygens (including phenoxy) is 2. The van der Waals surface area contributed by atoms with Crippen LogP contribution >= 0.6 is 0 Å². The lowest BCUT2D eigenvalue weighted by Gasteiger charge is -2.10. The number of fused-ring (bicyclic) bond motifs is 1. The predicted octanol–water partition coefficient (Wildman–Crippen LogP) is 2.68. The van der Waals surface area contributed by atoms with Crippen LogP contribution in [0, 0.1) is 0 Å². The summed E-state index contributed by atoms with van der Waals surface area (Å²) in [4.78, 5) is 11.3. The van der Waals surface area contributed by atoms with Gasteiger partial charge in [0.05, 0.1) is 12.7 Å². The first-order valence-electron chi connectivity index (χ1n) is 5.97. The summed E-state index contributed by atoms with van der Waals surface area (Å²) in [5.74, 6) is -0.681. The Labute approximate surface area is 110 Å². The normalized spacial score (nSPS) is 12.7. The van der Waals surface area contributed by atoms with E-state index in [1.54, 1.807) is 31.4 Å². The maximum absolute atomic E-state index is 11.3. The number of carboxylic acids is 1. The van der Waals surface area contributed by atoms with E-state index in [1.165, 1.54) is 0 Å². The topological polar surface area (TPSA) is 68.9 Å². The average Bonchev–Trinajstić information content (AvgIpc) is 2.75. The molecular formula is C14H16O5. The quantitative estimate of drug-likeness (QED) is 0.868. The van der Waals surface area contributed by atoms with Gasteiger partial charge in [0.2, 0.25) is 0 Å². The second-order valence-corrected chi connectivity index (χ2v) is 4.28. The van der Waals surface area contributed by atoms with Gasteiger partial charge >= 0.3 is 5.97 Å². The molecule has 5 heteroatoms. The van der Waals surface area contributed by atoms with Crippen molar-refractivity contribution in [2.24, 2.45) is 0 Å². The molecule has 0 radical (unpaired) electrons. The smallest absolute Gasteiger partial charge is 0.340 e. The van der Waals surface area contributed by atoms with Crippen molar-refractivity contribution >= 4 is 16.9 Å². The molecule has 0 aliphatic heterocycles. The van der Waals surface area contributed by atoms with Crippen LogP contribution in [-0.4, -0.2) is 30.9 Å². The van der Waals surface area contributed by atoms with Crippen LogP contribution in [0.2, 0.25) is 0 Å². The Hall–Kier alpha value is -1.85. The van der Waals surface area contributed by atoms with Gasteiger partial charge in [0, 0.05) is 12.5 Å². The van der Waals surface area contributed by atoms with E-state index in [2.05, 4.69) is 0 Å². The van der Waals surface area contributed by atoms with Crippen LogP contribution in [0.3, 0.4) is 0 Å². The lowest BCUT2D eigenvalue weighted by Crippen LogP contribution is -2.15. The summed E-state index contributed by atoms with van der Waals surface area (Å²) in [6, 6.07) is 7.05. The number of furan rings is 1. The molecule has 102 valence electrons. The molecule has 0 saturated carbocycles. The van der Waals surface area contributed by atoms with Gasteiger partial charge in [0.15, 0.2) is 0 Å². The third-order valence-corrected chi connectivity index (χ3v) is 2.78. The van der Waals surface area contributed by atoms with Crippen molar-refractivity contribution in [2.75, 3.05) is 13.7 Å². The van der Waals surface area contributed by atoms with E-state index in [0.717, 1.165) is 0 Å². The summed E-state index contributed by atoms with van der Waals surface area (Å²) in [6.45, 7) is 2.41. The van der Waals surface area contributed by atoms with Gasteiger partial charge in [-0.15, -0.1) is 0 Å². The fraction of sp³-hybridized carbons (Fsp3) is 0.357. The molecular weight excluding hydrogens is 248 g/mol. The van der Waals surface area contributed by atoms with E-state index < -0.39 is 5.97 Å². The highest BCUT2D eigenvalue weighted by Gasteiger charge is 2.20. The van der Waals surface area contributed by atoms with Crippen LogP contribution in [-0.2, 0) is 16.1 Å². The molecule has 1 aromatic carbocycles. The monoisotopic (exact) mass is 264 g/mol. The first-order valence-corrected chi connectivity index (χ1v) is 5.97. The van der Waals surface area contributed by atoms with E-state index >= 15 is 0 Å². The third kappa shape index (κ3) is 2.94. The minimum atomic E-state index is -1.01. The van der Waals surface area contributed by atoms with Crippen molar-refractivity contribution in [2.45, 2.75) is 19.6 Å². The van der Waals surface area contributed by atoms with E-state index in [1.807, 2.05) is 6.92 Å². The number of para-hydroxylation sites is 1. The molecule has 5 nitrogen and oxygen atoms in total. The summed E-state index contributed by atoms with van der Waals surface area (Å²) in [5.41, 5.74) is 0.720. The van der Waals surface area contributed by atoms with Gasteiger partial charge in [0.25, 0.3) is 0 Å². The number of aromatic carboxylic acids is 1. The number of hydrogen-bond acceptors (Lipinski definition) is 4. The maximum Gasteiger partial charge on any atom is 0.340 e. The molecule has 0 bridgehead atoms. The van der Waals surface area contributed by atoms with Gasteiger partial charge in [-0.05, 0) is 13.0 Å². The third-order valence-electron chi connectivity index (χ3n) is 2.78. The Morgan fingerprint density at radius 2 is 2.16 bits per heavy atom. The van der Waals surface area contributed by atoms with Crippen molar-refractivity contribution in [3.8, 4) is 0 Å². The fourth-order valence-corrected chi connectivity index (χ4v) is 1.93. The summed E-state index contributed by atoms with van der Waals surface area (Å²) in [6.07, 6.45) is -0.125. The summed E-state index contributed by atoms with van der Waals surface area (Å²) in [7, 11) is 1.59. The van der Waals surface area contributed by atoms with Gasteiger partial charge < -0.3 is 19.0 Å². The molecule has 0 saturated heterocycles. The molecule has 0 fully saturated rings. The first kappa shape index (κ1) is 13.6. The Bertz CT molecular complexity index is 572. The van der Waals surface area contributed by atoms with Gasteiger partial charge in [-0.1, -0.05) is 18.2 Å². The Balaban J connectivity index is 2.27. The van der Waals surface area contributed by atoms with Crippen molar-refractivity contribution in [1.29, 1.82) is 0 Å². The van der Waals surface area contributed by atoms with Crippen LogP contribution < -0.4 is 0 Å². The lowest BCUT2D eigenvalue weighted by atomic mass is 10.1. The molecule has 1 N–H and O–H groups in total. The highest BCUT2D eigenvalue weighted by molar-refractivity contribution is 6.03. The van der Waals surface area contributed by atoms with Crippen molar-refractivity contribution in [1.82, 2.24) is 0 Å². The minimum absolute atomic E-state index is 0.112. The summed E-state index contributed by atoms with van der Waals surface area (Å²) in [5, 5.41) is 9.87. The van der Waals surface area contributed by atoms with Crippen molar-refractivity contribution in [3.05, 3.63) is 35.6 Å². The number of benzene rings is 1. The van der Waals surface area contributed by atoms with Crippen LogP contribution in [0.1, 0.15) is 23.0 Å². The molecule has 0 spiro atoms. The maximum atomic E-state index is 11.3. The zero-order valence-corrected chi connectivity index (χ0v) is 10.9. The molecule has 1 unspecified atom stereocenters. The van der Waals surface area contributed by atoms with Crippen LogP contribution in [0.25, 0.3) is 11.0 Å². The first-order chi connectivity index (χ1) is 9.13. The highest BCUT2D eigenvalue weighted by atomic mass is 16.5. The number of carbonyl (C=O) groups is 1. The molecule has 1 atom stereocenters. The predicted molar refractivity (Wildman–Crippen MR) is 69.3 cm³/mol. The van der Waals surface area contributed by atoms with Gasteiger partial charge in [0.1, 0.15) is 23.5 Å². The van der Waals surface area contributed by atoms with Gasteiger partial charge in [-0.25, -0.2) is 4.79 Å². The summed E-state index contributed by atoms with van der Waals surface area (Å²) < 4.78 is 16.0. The van der Waals surface area contributed by atoms with E-state index in [-0.39, 0.29) is 18.3 Å². The molecule has 1 heterocycles. The standard InChI is InChI=1S/C14H16O5/c1-9(7-17-2)18-8-12-13(14(15)16)10-5-3-4-6-11(10)19-12/h3-6,9H,7-8H2,1-2H3,(H,15,16). The molecule has 0 aliphatic carbocycles. The second-order valence-electron chi connectivity index (χ2n) is 4.28. The highest BCUT2D eigenvalue weighted by Crippen LogP contribution is 2.26. The van der Waals surface area contributed by atoms with Crippen LogP contribution in [0.4, 0.5) is 0 Å². The van der Waals surface area contributed by atoms with Crippen molar-refractivity contribution < 1.29 is 23.8 Å².